The number of amides is 2. The molecule has 0 aromatic rings. The number of hydrogen-bond acceptors (Lipinski definition) is 7. The monoisotopic (exact) mass is 766 g/mol. The van der Waals surface area contributed by atoms with Crippen LogP contribution in [0.5, 0.6) is 0 Å². The van der Waals surface area contributed by atoms with Crippen LogP contribution in [-0.2, 0) is 28.7 Å². The number of fused-ring (bicyclic) bond motifs is 7. The molecule has 310 valence electrons. The fourth-order valence-electron chi connectivity index (χ4n) is 15.2. The zero-order valence-corrected chi connectivity index (χ0v) is 36.4. The van der Waals surface area contributed by atoms with E-state index in [1.807, 2.05) is 27.7 Å². The van der Waals surface area contributed by atoms with Gasteiger partial charge in [0.1, 0.15) is 12.1 Å². The predicted octanol–water partition coefficient (Wildman–Crippen LogP) is 8.40. The van der Waals surface area contributed by atoms with Crippen molar-refractivity contribution in [2.75, 3.05) is 7.11 Å². The SMILES string of the molecule is C=C(C)[C@@H]1CC[C@]2(C(=O)N(N)[C@@H]3C[C@H](C(=O)N[C@@H](CC(C)C)C(=O)OC)C3(C)C)CC[C@]3(C)[C@H](CC[C@@H]4[C@@]5(C)CCC(OC(C)=O)C(C)(C)[C@@H]5CC[C@]43C)[C@@H]12. The summed E-state index contributed by atoms with van der Waals surface area (Å²) in [6.07, 6.45) is 11.1. The van der Waals surface area contributed by atoms with E-state index in [2.05, 4.69) is 53.4 Å². The number of esters is 2. The Hall–Kier alpha value is -2.42. The first-order chi connectivity index (χ1) is 25.4. The molecule has 6 aliphatic carbocycles. The quantitative estimate of drug-likeness (QED) is 0.0794. The number of hydrazine groups is 1. The minimum Gasteiger partial charge on any atom is -0.467 e. The molecule has 6 fully saturated rings. The van der Waals surface area contributed by atoms with Gasteiger partial charge in [0.15, 0.2) is 0 Å². The fourth-order valence-corrected chi connectivity index (χ4v) is 15.2. The van der Waals surface area contributed by atoms with Gasteiger partial charge >= 0.3 is 11.9 Å². The lowest BCUT2D eigenvalue weighted by molar-refractivity contribution is -0.250. The molecule has 0 saturated heterocycles. The minimum absolute atomic E-state index is 0.0401. The first kappa shape index (κ1) is 42.2. The molecule has 0 radical (unpaired) electrons. The van der Waals surface area contributed by atoms with Crippen LogP contribution < -0.4 is 11.2 Å². The lowest BCUT2D eigenvalue weighted by atomic mass is 9.32. The van der Waals surface area contributed by atoms with E-state index in [9.17, 15) is 14.4 Å². The maximum Gasteiger partial charge on any atom is 0.328 e. The van der Waals surface area contributed by atoms with Crippen molar-refractivity contribution in [1.29, 1.82) is 0 Å². The number of hydrogen-bond donors (Lipinski definition) is 2. The van der Waals surface area contributed by atoms with E-state index in [-0.39, 0.29) is 75.3 Å². The second kappa shape index (κ2) is 14.1. The number of nitrogens with zero attached hydrogens (tertiary/aromatic N) is 1. The summed E-state index contributed by atoms with van der Waals surface area (Å²) in [6.45, 7) is 28.8. The van der Waals surface area contributed by atoms with Gasteiger partial charge in [-0.05, 0) is 141 Å². The summed E-state index contributed by atoms with van der Waals surface area (Å²) < 4.78 is 11.0. The van der Waals surface area contributed by atoms with E-state index >= 15 is 4.79 Å². The summed E-state index contributed by atoms with van der Waals surface area (Å²) in [4.78, 5) is 53.5. The van der Waals surface area contributed by atoms with Crippen molar-refractivity contribution < 1.29 is 28.7 Å². The number of nitrogens with one attached hydrogen (secondary N) is 1. The summed E-state index contributed by atoms with van der Waals surface area (Å²) in [5.41, 5.74) is 0.344. The lowest BCUT2D eigenvalue weighted by Gasteiger charge is -2.73. The molecule has 0 aromatic heterocycles. The molecule has 6 aliphatic rings. The molecule has 0 aromatic carbocycles. The zero-order chi connectivity index (χ0) is 40.8. The molecule has 55 heavy (non-hydrogen) atoms. The van der Waals surface area contributed by atoms with Crippen molar-refractivity contribution in [2.24, 2.45) is 79.8 Å². The van der Waals surface area contributed by atoms with Crippen LogP contribution in [0, 0.1) is 73.9 Å². The summed E-state index contributed by atoms with van der Waals surface area (Å²) in [7, 11) is 1.35. The van der Waals surface area contributed by atoms with Gasteiger partial charge in [-0.2, -0.15) is 0 Å². The molecule has 9 heteroatoms. The van der Waals surface area contributed by atoms with Crippen LogP contribution in [0.4, 0.5) is 0 Å². The van der Waals surface area contributed by atoms with Crippen molar-refractivity contribution in [3.8, 4) is 0 Å². The lowest BCUT2D eigenvalue weighted by Crippen LogP contribution is -2.70. The molecule has 3 N–H and O–H groups in total. The van der Waals surface area contributed by atoms with Gasteiger partial charge in [0, 0.05) is 18.3 Å². The van der Waals surface area contributed by atoms with Crippen LogP contribution in [0.15, 0.2) is 12.2 Å². The molecular formula is C46H75N3O6. The van der Waals surface area contributed by atoms with Gasteiger partial charge in [-0.25, -0.2) is 10.6 Å². The maximum absolute atomic E-state index is 15.2. The standard InChI is InChI=1S/C46H75N3O6/c1-26(2)24-32(39(52)54-13)48-38(51)31-25-35(41(31,6)7)49(47)40(53)46-21-16-29(27(3)4)37(46)30-14-15-34-43(10)19-18-36(55-28(5)50)42(8,9)33(43)17-20-45(34,12)44(30,11)22-23-46/h26,29-37H,3,14-25,47H2,1-2,4-13H3,(H,48,51)/t29-,30+,31+,32-,33-,34+,35+,36?,37+,43-,44+,45+,46-/m0/s1. The summed E-state index contributed by atoms with van der Waals surface area (Å²) in [5.74, 6) is 8.02. The van der Waals surface area contributed by atoms with Crippen molar-refractivity contribution in [3.05, 3.63) is 12.2 Å². The third-order valence-electron chi connectivity index (χ3n) is 18.4. The molecule has 0 spiro atoms. The molecule has 2 amide bonds. The summed E-state index contributed by atoms with van der Waals surface area (Å²) >= 11 is 0. The van der Waals surface area contributed by atoms with Gasteiger partial charge in [0.2, 0.25) is 11.8 Å². The minimum atomic E-state index is -0.700. The Labute approximate surface area is 332 Å². The highest BCUT2D eigenvalue weighted by atomic mass is 16.5. The third-order valence-corrected chi connectivity index (χ3v) is 18.4. The Balaban J connectivity index is 1.25. The molecular weight excluding hydrogens is 691 g/mol. The van der Waals surface area contributed by atoms with Crippen molar-refractivity contribution in [1.82, 2.24) is 10.3 Å². The molecule has 1 unspecified atom stereocenters. The number of allylic oxidation sites excluding steroid dienone is 1. The van der Waals surface area contributed by atoms with Crippen LogP contribution >= 0.6 is 0 Å². The highest BCUT2D eigenvalue weighted by molar-refractivity contribution is 5.88. The first-order valence-electron chi connectivity index (χ1n) is 21.7. The number of carbonyl (C=O) groups excluding carboxylic acids is 4. The van der Waals surface area contributed by atoms with Crippen LogP contribution in [0.1, 0.15) is 153 Å². The fraction of sp³-hybridized carbons (Fsp3) is 0.870. The van der Waals surface area contributed by atoms with Crippen molar-refractivity contribution in [2.45, 2.75) is 171 Å². The van der Waals surface area contributed by atoms with Crippen LogP contribution in [0.3, 0.4) is 0 Å². The average Bonchev–Trinajstić information content (AvgIpc) is 3.49. The van der Waals surface area contributed by atoms with Gasteiger partial charge in [-0.15, -0.1) is 0 Å². The molecule has 0 bridgehead atoms. The van der Waals surface area contributed by atoms with Gasteiger partial charge in [-0.1, -0.05) is 74.5 Å². The normalized spacial score (nSPS) is 42.9. The number of methoxy groups -OCH3 is 1. The Bertz CT molecular complexity index is 1570. The Morgan fingerprint density at radius 2 is 1.51 bits per heavy atom. The van der Waals surface area contributed by atoms with E-state index in [4.69, 9.17) is 15.3 Å². The molecule has 0 aliphatic heterocycles. The zero-order valence-electron chi connectivity index (χ0n) is 36.4. The number of nitrogens with two attached hydrogens (primary N) is 1. The van der Waals surface area contributed by atoms with Crippen LogP contribution in [0.2, 0.25) is 0 Å². The second-order valence-corrected chi connectivity index (χ2v) is 21.9. The largest absolute Gasteiger partial charge is 0.467 e. The number of ether oxygens (including phenoxy) is 2. The van der Waals surface area contributed by atoms with Crippen molar-refractivity contribution >= 4 is 23.8 Å². The maximum atomic E-state index is 15.2. The van der Waals surface area contributed by atoms with Crippen LogP contribution in [0.25, 0.3) is 0 Å². The van der Waals surface area contributed by atoms with E-state index < -0.39 is 22.8 Å². The first-order valence-corrected chi connectivity index (χ1v) is 21.7. The van der Waals surface area contributed by atoms with Gasteiger partial charge < -0.3 is 14.8 Å². The highest BCUT2D eigenvalue weighted by Gasteiger charge is 2.73. The Morgan fingerprint density at radius 1 is 0.836 bits per heavy atom. The summed E-state index contributed by atoms with van der Waals surface area (Å²) in [6, 6.07) is -0.979. The third kappa shape index (κ3) is 6.24. The number of carbonyl (C=O) groups is 4. The van der Waals surface area contributed by atoms with Gasteiger partial charge in [0.05, 0.1) is 18.6 Å². The van der Waals surface area contributed by atoms with Gasteiger partial charge in [-0.3, -0.25) is 19.4 Å². The van der Waals surface area contributed by atoms with E-state index in [1.54, 1.807) is 11.9 Å². The van der Waals surface area contributed by atoms with Crippen molar-refractivity contribution in [3.63, 3.8) is 0 Å². The van der Waals surface area contributed by atoms with Crippen LogP contribution in [-0.4, -0.2) is 54.1 Å². The Kier molecular flexibility index (Phi) is 10.9. The highest BCUT2D eigenvalue weighted by Crippen LogP contribution is 2.78. The topological polar surface area (TPSA) is 128 Å². The average molecular weight is 766 g/mol. The second-order valence-electron chi connectivity index (χ2n) is 21.9. The molecule has 13 atom stereocenters. The van der Waals surface area contributed by atoms with E-state index in [1.165, 1.54) is 12.7 Å². The van der Waals surface area contributed by atoms with E-state index in [0.717, 1.165) is 64.2 Å². The molecule has 9 nitrogen and oxygen atoms in total. The molecule has 6 saturated carbocycles. The van der Waals surface area contributed by atoms with Gasteiger partial charge in [0.25, 0.3) is 0 Å². The predicted molar refractivity (Wildman–Crippen MR) is 215 cm³/mol. The van der Waals surface area contributed by atoms with E-state index in [0.29, 0.717) is 30.6 Å². The molecule has 0 heterocycles. The molecule has 6 rings (SSSR count). The smallest absolute Gasteiger partial charge is 0.328 e. The summed E-state index contributed by atoms with van der Waals surface area (Å²) in [5, 5.41) is 4.52. The number of rotatable bonds is 9. The Morgan fingerprint density at radius 3 is 2.09 bits per heavy atom.